The summed E-state index contributed by atoms with van der Waals surface area (Å²) < 4.78 is 13.9. The summed E-state index contributed by atoms with van der Waals surface area (Å²) in [6, 6.07) is 4.64. The molecule has 0 aliphatic heterocycles. The molecule has 0 bridgehead atoms. The number of aliphatic hydroxyl groups excluding tert-OH is 1. The summed E-state index contributed by atoms with van der Waals surface area (Å²) in [5.74, 6) is -0.354. The Morgan fingerprint density at radius 2 is 1.95 bits per heavy atom. The summed E-state index contributed by atoms with van der Waals surface area (Å²) in [6.45, 7) is -0.102. The van der Waals surface area contributed by atoms with Gasteiger partial charge in [-0.25, -0.2) is 4.39 Å². The van der Waals surface area contributed by atoms with Crippen LogP contribution in [0.5, 0.6) is 0 Å². The molecule has 4 heteroatoms. The van der Waals surface area contributed by atoms with Gasteiger partial charge in [-0.15, -0.1) is 0 Å². The van der Waals surface area contributed by atoms with Crippen molar-refractivity contribution in [3.05, 3.63) is 34.6 Å². The third kappa shape index (κ3) is 4.16. The maximum absolute atomic E-state index is 13.9. The number of aliphatic hydroxyl groups is 1. The molecule has 1 fully saturated rings. The minimum absolute atomic E-state index is 0.102. The van der Waals surface area contributed by atoms with E-state index < -0.39 is 0 Å². The lowest BCUT2D eigenvalue weighted by atomic mass is 10.0. The lowest BCUT2D eigenvalue weighted by Gasteiger charge is -2.24. The van der Waals surface area contributed by atoms with Crippen LogP contribution in [0.4, 0.5) is 4.39 Å². The third-order valence-corrected chi connectivity index (χ3v) is 4.05. The van der Waals surface area contributed by atoms with Gasteiger partial charge in [0.1, 0.15) is 5.82 Å². The zero-order valence-corrected chi connectivity index (χ0v) is 11.8. The number of halogens is 2. The van der Waals surface area contributed by atoms with Crippen LogP contribution in [0, 0.1) is 5.82 Å². The van der Waals surface area contributed by atoms with E-state index in [1.54, 1.807) is 12.1 Å². The van der Waals surface area contributed by atoms with Gasteiger partial charge in [0.05, 0.1) is 12.6 Å². The first-order valence-corrected chi connectivity index (χ1v) is 7.40. The second-order valence-electron chi connectivity index (χ2n) is 5.26. The van der Waals surface area contributed by atoms with E-state index in [4.69, 9.17) is 11.6 Å². The summed E-state index contributed by atoms with van der Waals surface area (Å²) in [6.07, 6.45) is 7.17. The van der Waals surface area contributed by atoms with Crippen LogP contribution >= 0.6 is 11.6 Å². The first-order valence-electron chi connectivity index (χ1n) is 7.02. The van der Waals surface area contributed by atoms with E-state index >= 15 is 0 Å². The van der Waals surface area contributed by atoms with Crippen LogP contribution in [0.1, 0.15) is 50.1 Å². The maximum Gasteiger partial charge on any atom is 0.129 e. The standard InChI is InChI=1S/C15H21ClFNO/c16-11-7-8-13(14(17)9-11)15(10-19)18-12-5-3-1-2-4-6-12/h7-9,12,15,18-19H,1-6,10H2. The summed E-state index contributed by atoms with van der Waals surface area (Å²) in [7, 11) is 0. The third-order valence-electron chi connectivity index (χ3n) is 3.81. The fourth-order valence-electron chi connectivity index (χ4n) is 2.76. The number of hydrogen-bond acceptors (Lipinski definition) is 2. The molecule has 1 aliphatic rings. The van der Waals surface area contributed by atoms with Crippen LogP contribution in [-0.4, -0.2) is 17.8 Å². The second kappa shape index (κ2) is 7.22. The number of rotatable bonds is 4. The Hall–Kier alpha value is -0.640. The van der Waals surface area contributed by atoms with E-state index in [9.17, 15) is 9.50 Å². The highest BCUT2D eigenvalue weighted by atomic mass is 35.5. The van der Waals surface area contributed by atoms with Gasteiger partial charge in [0, 0.05) is 16.6 Å². The first-order chi connectivity index (χ1) is 9.20. The SMILES string of the molecule is OCC(NC1CCCCCC1)c1ccc(Cl)cc1F. The van der Waals surface area contributed by atoms with E-state index in [0.29, 0.717) is 16.6 Å². The molecule has 106 valence electrons. The van der Waals surface area contributed by atoms with Crippen LogP contribution in [0.2, 0.25) is 5.02 Å². The molecule has 19 heavy (non-hydrogen) atoms. The summed E-state index contributed by atoms with van der Waals surface area (Å²) in [5.41, 5.74) is 0.496. The molecule has 1 aromatic rings. The maximum atomic E-state index is 13.9. The summed E-state index contributed by atoms with van der Waals surface area (Å²) >= 11 is 5.76. The zero-order chi connectivity index (χ0) is 13.7. The fourth-order valence-corrected chi connectivity index (χ4v) is 2.91. The summed E-state index contributed by atoms with van der Waals surface area (Å²) in [5, 5.41) is 13.3. The smallest absolute Gasteiger partial charge is 0.129 e. The van der Waals surface area contributed by atoms with Crippen LogP contribution in [-0.2, 0) is 0 Å². The molecule has 2 nitrogen and oxygen atoms in total. The van der Waals surface area contributed by atoms with Gasteiger partial charge in [-0.05, 0) is 25.0 Å². The van der Waals surface area contributed by atoms with Gasteiger partial charge >= 0.3 is 0 Å². The second-order valence-corrected chi connectivity index (χ2v) is 5.69. The van der Waals surface area contributed by atoms with E-state index in [2.05, 4.69) is 5.32 Å². The minimum atomic E-state index is -0.354. The fraction of sp³-hybridized carbons (Fsp3) is 0.600. The molecule has 2 rings (SSSR count). The number of hydrogen-bond donors (Lipinski definition) is 2. The van der Waals surface area contributed by atoms with Crippen molar-refractivity contribution >= 4 is 11.6 Å². The Morgan fingerprint density at radius 3 is 2.53 bits per heavy atom. The van der Waals surface area contributed by atoms with E-state index in [1.807, 2.05) is 0 Å². The predicted molar refractivity (Wildman–Crippen MR) is 75.9 cm³/mol. The highest BCUT2D eigenvalue weighted by molar-refractivity contribution is 6.30. The quantitative estimate of drug-likeness (QED) is 0.824. The van der Waals surface area contributed by atoms with Crippen molar-refractivity contribution in [3.63, 3.8) is 0 Å². The molecule has 1 aromatic carbocycles. The molecule has 0 radical (unpaired) electrons. The molecule has 2 N–H and O–H groups in total. The van der Waals surface area contributed by atoms with Crippen LogP contribution in [0.15, 0.2) is 18.2 Å². The van der Waals surface area contributed by atoms with Crippen molar-refractivity contribution in [2.45, 2.75) is 50.6 Å². The lowest BCUT2D eigenvalue weighted by molar-refractivity contribution is 0.225. The predicted octanol–water partition coefficient (Wildman–Crippen LogP) is 3.82. The van der Waals surface area contributed by atoms with Gasteiger partial charge in [0.15, 0.2) is 0 Å². The van der Waals surface area contributed by atoms with Crippen molar-refractivity contribution < 1.29 is 9.50 Å². The molecular formula is C15H21ClFNO. The van der Waals surface area contributed by atoms with Gasteiger partial charge in [-0.2, -0.15) is 0 Å². The topological polar surface area (TPSA) is 32.3 Å². The van der Waals surface area contributed by atoms with Gasteiger partial charge in [0.25, 0.3) is 0 Å². The largest absolute Gasteiger partial charge is 0.394 e. The van der Waals surface area contributed by atoms with Crippen molar-refractivity contribution in [1.29, 1.82) is 0 Å². The number of benzene rings is 1. The Labute approximate surface area is 119 Å². The molecule has 1 atom stereocenters. The van der Waals surface area contributed by atoms with Crippen molar-refractivity contribution in [2.75, 3.05) is 6.61 Å². The van der Waals surface area contributed by atoms with Gasteiger partial charge in [-0.3, -0.25) is 0 Å². The van der Waals surface area contributed by atoms with Gasteiger partial charge in [-0.1, -0.05) is 43.4 Å². The molecule has 0 heterocycles. The van der Waals surface area contributed by atoms with Gasteiger partial charge < -0.3 is 10.4 Å². The average Bonchev–Trinajstić information content (AvgIpc) is 2.65. The highest BCUT2D eigenvalue weighted by Crippen LogP contribution is 2.24. The first kappa shape index (κ1) is 14.8. The Bertz CT molecular complexity index is 405. The Morgan fingerprint density at radius 1 is 1.26 bits per heavy atom. The molecule has 1 unspecified atom stereocenters. The summed E-state index contributed by atoms with van der Waals surface area (Å²) in [4.78, 5) is 0. The minimum Gasteiger partial charge on any atom is -0.394 e. The van der Waals surface area contributed by atoms with Crippen LogP contribution < -0.4 is 5.32 Å². The Balaban J connectivity index is 2.06. The monoisotopic (exact) mass is 285 g/mol. The Kier molecular flexibility index (Phi) is 5.61. The molecule has 0 aromatic heterocycles. The molecule has 1 aliphatic carbocycles. The van der Waals surface area contributed by atoms with E-state index in [1.165, 1.54) is 31.7 Å². The van der Waals surface area contributed by atoms with Gasteiger partial charge in [0.2, 0.25) is 0 Å². The highest BCUT2D eigenvalue weighted by Gasteiger charge is 2.20. The molecule has 0 amide bonds. The molecular weight excluding hydrogens is 265 g/mol. The molecule has 0 spiro atoms. The normalized spacial score (nSPS) is 19.1. The number of nitrogens with one attached hydrogen (secondary N) is 1. The molecule has 1 saturated carbocycles. The van der Waals surface area contributed by atoms with Crippen molar-refractivity contribution in [3.8, 4) is 0 Å². The van der Waals surface area contributed by atoms with Crippen LogP contribution in [0.25, 0.3) is 0 Å². The van der Waals surface area contributed by atoms with Crippen molar-refractivity contribution in [2.24, 2.45) is 0 Å². The lowest BCUT2D eigenvalue weighted by Crippen LogP contribution is -2.34. The van der Waals surface area contributed by atoms with Crippen molar-refractivity contribution in [1.82, 2.24) is 5.32 Å². The van der Waals surface area contributed by atoms with E-state index in [-0.39, 0.29) is 18.5 Å². The van der Waals surface area contributed by atoms with Crippen LogP contribution in [0.3, 0.4) is 0 Å². The van der Waals surface area contributed by atoms with E-state index in [0.717, 1.165) is 12.8 Å². The molecule has 0 saturated heterocycles. The zero-order valence-electron chi connectivity index (χ0n) is 11.0. The average molecular weight is 286 g/mol.